The van der Waals surface area contributed by atoms with Gasteiger partial charge in [-0.2, -0.15) is 0 Å². The minimum absolute atomic E-state index is 0.0326. The Bertz CT molecular complexity index is 969. The van der Waals surface area contributed by atoms with Gasteiger partial charge in [-0.1, -0.05) is 31.5 Å². The molecule has 2 aromatic heterocycles. The number of rotatable bonds is 8. The van der Waals surface area contributed by atoms with Gasteiger partial charge in [-0.25, -0.2) is 4.98 Å². The Morgan fingerprint density at radius 3 is 2.93 bits per heavy atom. The summed E-state index contributed by atoms with van der Waals surface area (Å²) >= 11 is 3.03. The Morgan fingerprint density at radius 2 is 2.13 bits per heavy atom. The second-order valence-electron chi connectivity index (χ2n) is 8.46. The maximum Gasteiger partial charge on any atom is 0.263 e. The highest BCUT2D eigenvalue weighted by molar-refractivity contribution is 7.99. The molecular formula is C22H31N3O3S2. The van der Waals surface area contributed by atoms with Crippen LogP contribution in [0, 0.1) is 5.92 Å². The lowest BCUT2D eigenvalue weighted by Crippen LogP contribution is -2.42. The maximum atomic E-state index is 13.3. The number of amides is 1. The number of hydrogen-bond donors (Lipinski definition) is 1. The van der Waals surface area contributed by atoms with Gasteiger partial charge in [0.25, 0.3) is 5.56 Å². The summed E-state index contributed by atoms with van der Waals surface area (Å²) < 4.78 is 6.94. The van der Waals surface area contributed by atoms with E-state index in [0.717, 1.165) is 42.3 Å². The Hall–Kier alpha value is -1.38. The van der Waals surface area contributed by atoms with Crippen molar-refractivity contribution in [2.24, 2.45) is 5.92 Å². The first-order valence-electron chi connectivity index (χ1n) is 11.0. The summed E-state index contributed by atoms with van der Waals surface area (Å²) in [6.07, 6.45) is 8.56. The number of nitrogens with one attached hydrogen (secondary N) is 1. The van der Waals surface area contributed by atoms with Crippen LogP contribution in [0.25, 0.3) is 10.2 Å². The van der Waals surface area contributed by atoms with E-state index in [4.69, 9.17) is 9.72 Å². The van der Waals surface area contributed by atoms with Crippen molar-refractivity contribution in [1.82, 2.24) is 14.9 Å². The number of aromatic nitrogens is 2. The van der Waals surface area contributed by atoms with E-state index in [0.29, 0.717) is 24.2 Å². The summed E-state index contributed by atoms with van der Waals surface area (Å²) in [4.78, 5) is 32.9. The zero-order valence-electron chi connectivity index (χ0n) is 17.9. The molecular weight excluding hydrogens is 418 g/mol. The molecule has 2 aliphatic carbocycles. The fourth-order valence-electron chi connectivity index (χ4n) is 4.64. The molecule has 2 heterocycles. The molecule has 0 bridgehead atoms. The molecule has 1 fully saturated rings. The second kappa shape index (κ2) is 9.83. The molecule has 0 radical (unpaired) electrons. The molecule has 1 saturated carbocycles. The number of carbonyl (C=O) groups excluding carboxylic acids is 1. The smallest absolute Gasteiger partial charge is 0.263 e. The number of aryl methyl sites for hydroxylation is 2. The average molecular weight is 450 g/mol. The quantitative estimate of drug-likeness (QED) is 0.377. The van der Waals surface area contributed by atoms with Crippen molar-refractivity contribution in [3.8, 4) is 0 Å². The van der Waals surface area contributed by atoms with Crippen LogP contribution in [0.5, 0.6) is 0 Å². The number of methoxy groups -OCH3 is 1. The van der Waals surface area contributed by atoms with E-state index in [9.17, 15) is 9.59 Å². The van der Waals surface area contributed by atoms with Crippen LogP contribution >= 0.6 is 23.1 Å². The third-order valence-corrected chi connectivity index (χ3v) is 8.47. The molecule has 0 unspecified atom stereocenters. The Balaban J connectivity index is 1.53. The van der Waals surface area contributed by atoms with Crippen molar-refractivity contribution in [3.63, 3.8) is 0 Å². The van der Waals surface area contributed by atoms with E-state index in [1.54, 1.807) is 23.0 Å². The third kappa shape index (κ3) is 4.60. The Kier molecular flexibility index (Phi) is 7.16. The van der Waals surface area contributed by atoms with Gasteiger partial charge >= 0.3 is 0 Å². The average Bonchev–Trinajstić information content (AvgIpc) is 3.31. The largest absolute Gasteiger partial charge is 0.385 e. The predicted octanol–water partition coefficient (Wildman–Crippen LogP) is 3.77. The van der Waals surface area contributed by atoms with Gasteiger partial charge in [-0.3, -0.25) is 14.2 Å². The molecule has 6 nitrogen and oxygen atoms in total. The van der Waals surface area contributed by atoms with Crippen molar-refractivity contribution >= 4 is 39.2 Å². The van der Waals surface area contributed by atoms with Crippen LogP contribution in [0.1, 0.15) is 55.9 Å². The molecule has 0 aliphatic heterocycles. The normalized spacial score (nSPS) is 21.1. The fraction of sp³-hybridized carbons (Fsp3) is 0.682. The van der Waals surface area contributed by atoms with Crippen LogP contribution in [0.15, 0.2) is 9.95 Å². The van der Waals surface area contributed by atoms with Gasteiger partial charge in [0, 0.05) is 31.2 Å². The zero-order chi connectivity index (χ0) is 21.1. The van der Waals surface area contributed by atoms with E-state index in [1.165, 1.54) is 41.5 Å². The SMILES string of the molecule is COCCCn1c(SCC(=O)N[C@H]2CCCC[C@H]2C)nc2sc3c(c2c1=O)CCC3. The van der Waals surface area contributed by atoms with Gasteiger partial charge in [0.05, 0.1) is 11.1 Å². The first-order chi connectivity index (χ1) is 14.6. The first-order valence-corrected chi connectivity index (χ1v) is 12.8. The molecule has 4 rings (SSSR count). The number of carbonyl (C=O) groups is 1. The first kappa shape index (κ1) is 21.8. The second-order valence-corrected chi connectivity index (χ2v) is 10.5. The topological polar surface area (TPSA) is 73.2 Å². The molecule has 0 spiro atoms. The van der Waals surface area contributed by atoms with E-state index in [2.05, 4.69) is 12.2 Å². The molecule has 0 aromatic carbocycles. The minimum Gasteiger partial charge on any atom is -0.385 e. The Morgan fingerprint density at radius 1 is 1.30 bits per heavy atom. The van der Waals surface area contributed by atoms with Crippen LogP contribution < -0.4 is 10.9 Å². The highest BCUT2D eigenvalue weighted by Crippen LogP contribution is 2.35. The maximum absolute atomic E-state index is 13.3. The van der Waals surface area contributed by atoms with Crippen molar-refractivity contribution in [2.75, 3.05) is 19.5 Å². The summed E-state index contributed by atoms with van der Waals surface area (Å²) in [6.45, 7) is 3.37. The number of hydrogen-bond acceptors (Lipinski definition) is 6. The van der Waals surface area contributed by atoms with Gasteiger partial charge in [0.15, 0.2) is 5.16 Å². The summed E-state index contributed by atoms with van der Waals surface area (Å²) in [5, 5.41) is 4.65. The van der Waals surface area contributed by atoms with Crippen LogP contribution in [0.4, 0.5) is 0 Å². The summed E-state index contributed by atoms with van der Waals surface area (Å²) in [7, 11) is 1.67. The van der Waals surface area contributed by atoms with Gasteiger partial charge < -0.3 is 10.1 Å². The molecule has 164 valence electrons. The van der Waals surface area contributed by atoms with Crippen LogP contribution in [-0.4, -0.2) is 41.0 Å². The van der Waals surface area contributed by atoms with E-state index in [1.807, 2.05) is 0 Å². The lowest BCUT2D eigenvalue weighted by atomic mass is 9.86. The molecule has 2 aliphatic rings. The third-order valence-electron chi connectivity index (χ3n) is 6.31. The minimum atomic E-state index is 0.0326. The Labute approximate surface area is 185 Å². The number of nitrogens with zero attached hydrogens (tertiary/aromatic N) is 2. The number of thiophene rings is 1. The zero-order valence-corrected chi connectivity index (χ0v) is 19.5. The number of fused-ring (bicyclic) bond motifs is 3. The molecule has 2 atom stereocenters. The summed E-state index contributed by atoms with van der Waals surface area (Å²) in [6, 6.07) is 0.270. The molecule has 0 saturated heterocycles. The molecule has 2 aromatic rings. The lowest BCUT2D eigenvalue weighted by Gasteiger charge is -2.29. The molecule has 30 heavy (non-hydrogen) atoms. The monoisotopic (exact) mass is 449 g/mol. The van der Waals surface area contributed by atoms with Crippen LogP contribution in [0.3, 0.4) is 0 Å². The number of ether oxygens (including phenoxy) is 1. The lowest BCUT2D eigenvalue weighted by molar-refractivity contribution is -0.119. The highest BCUT2D eigenvalue weighted by atomic mass is 32.2. The van der Waals surface area contributed by atoms with E-state index in [-0.39, 0.29) is 23.3 Å². The fourth-order valence-corrected chi connectivity index (χ4v) is 6.78. The molecule has 1 amide bonds. The van der Waals surface area contributed by atoms with Gasteiger partial charge in [0.2, 0.25) is 5.91 Å². The standard InChI is InChI=1S/C22H31N3O3S2/c1-14-7-3-4-9-16(14)23-18(26)13-29-22-24-20-19(15-8-5-10-17(15)30-20)21(27)25(22)11-6-12-28-2/h14,16H,3-13H2,1-2H3,(H,23,26)/t14-,16+/m1/s1. The van der Waals surface area contributed by atoms with Crippen molar-refractivity contribution in [3.05, 3.63) is 20.8 Å². The van der Waals surface area contributed by atoms with Gasteiger partial charge in [-0.15, -0.1) is 11.3 Å². The van der Waals surface area contributed by atoms with Crippen molar-refractivity contribution in [2.45, 2.75) is 76.0 Å². The molecule has 1 N–H and O–H groups in total. The van der Waals surface area contributed by atoms with Crippen molar-refractivity contribution < 1.29 is 9.53 Å². The van der Waals surface area contributed by atoms with Gasteiger partial charge in [0.1, 0.15) is 4.83 Å². The van der Waals surface area contributed by atoms with Crippen LogP contribution in [-0.2, 0) is 28.9 Å². The van der Waals surface area contributed by atoms with Crippen molar-refractivity contribution in [1.29, 1.82) is 0 Å². The molecule has 8 heteroatoms. The number of thioether (sulfide) groups is 1. The van der Waals surface area contributed by atoms with E-state index >= 15 is 0 Å². The van der Waals surface area contributed by atoms with Gasteiger partial charge in [-0.05, 0) is 50.0 Å². The predicted molar refractivity (Wildman–Crippen MR) is 123 cm³/mol. The van der Waals surface area contributed by atoms with E-state index < -0.39 is 0 Å². The van der Waals surface area contributed by atoms with Crippen LogP contribution in [0.2, 0.25) is 0 Å². The highest BCUT2D eigenvalue weighted by Gasteiger charge is 2.25. The summed E-state index contributed by atoms with van der Waals surface area (Å²) in [5.41, 5.74) is 1.24. The summed E-state index contributed by atoms with van der Waals surface area (Å²) in [5.74, 6) is 0.851.